The maximum atomic E-state index is 12.0. The molecule has 0 saturated carbocycles. The summed E-state index contributed by atoms with van der Waals surface area (Å²) in [5, 5.41) is 2.79. The number of aromatic nitrogens is 2. The number of hydrogen-bond acceptors (Lipinski definition) is 2. The predicted molar refractivity (Wildman–Crippen MR) is 78.9 cm³/mol. The molecular formula is C15H19N3O2. The lowest BCUT2D eigenvalue weighted by Crippen LogP contribution is -2.29. The molecule has 1 aromatic heterocycles. The molecule has 5 nitrogen and oxygen atoms in total. The highest BCUT2D eigenvalue weighted by molar-refractivity contribution is 5.90. The number of nitrogens with one attached hydrogen (secondary N) is 1. The van der Waals surface area contributed by atoms with E-state index in [1.54, 1.807) is 17.0 Å². The largest absolute Gasteiger partial charge is 0.328 e. The Morgan fingerprint density at radius 3 is 2.65 bits per heavy atom. The van der Waals surface area contributed by atoms with Crippen molar-refractivity contribution in [2.24, 2.45) is 0 Å². The molecule has 0 aliphatic rings. The van der Waals surface area contributed by atoms with Gasteiger partial charge in [0.25, 0.3) is 0 Å². The monoisotopic (exact) mass is 273 g/mol. The molecule has 0 aliphatic carbocycles. The number of hydrogen-bond donors (Lipinski definition) is 1. The fourth-order valence-corrected chi connectivity index (χ4v) is 2.02. The number of rotatable bonds is 4. The summed E-state index contributed by atoms with van der Waals surface area (Å²) < 4.78 is 3.01. The van der Waals surface area contributed by atoms with Crippen molar-refractivity contribution in [1.82, 2.24) is 9.13 Å². The average Bonchev–Trinajstić information content (AvgIpc) is 2.71. The van der Waals surface area contributed by atoms with E-state index >= 15 is 0 Å². The van der Waals surface area contributed by atoms with Gasteiger partial charge in [0, 0.05) is 24.1 Å². The van der Waals surface area contributed by atoms with Gasteiger partial charge in [-0.3, -0.25) is 13.9 Å². The summed E-state index contributed by atoms with van der Waals surface area (Å²) in [5.74, 6) is -0.209. The molecule has 0 fully saturated rings. The second kappa shape index (κ2) is 5.77. The van der Waals surface area contributed by atoms with E-state index in [1.165, 1.54) is 4.57 Å². The number of amides is 1. The fraction of sp³-hybridized carbons (Fsp3) is 0.333. The first kappa shape index (κ1) is 14.1. The molecule has 0 radical (unpaired) electrons. The van der Waals surface area contributed by atoms with Crippen LogP contribution < -0.4 is 11.0 Å². The molecule has 1 amide bonds. The zero-order valence-corrected chi connectivity index (χ0v) is 12.0. The molecule has 0 spiro atoms. The summed E-state index contributed by atoms with van der Waals surface area (Å²) in [4.78, 5) is 23.9. The molecule has 1 aromatic carbocycles. The summed E-state index contributed by atoms with van der Waals surface area (Å²) in [6.07, 6.45) is 3.34. The number of nitrogens with zero attached hydrogens (tertiary/aromatic N) is 2. The SMILES string of the molecule is Cc1cccc(NC(=O)Cn2ccn(C(C)C)c2=O)c1. The van der Waals surface area contributed by atoms with Crippen LogP contribution in [0.5, 0.6) is 0 Å². The van der Waals surface area contributed by atoms with Crippen LogP contribution in [0.4, 0.5) is 5.69 Å². The number of anilines is 1. The van der Waals surface area contributed by atoms with Gasteiger partial charge >= 0.3 is 5.69 Å². The van der Waals surface area contributed by atoms with Crippen LogP contribution in [0.1, 0.15) is 25.5 Å². The van der Waals surface area contributed by atoms with Crippen molar-refractivity contribution in [2.75, 3.05) is 5.32 Å². The molecule has 106 valence electrons. The average molecular weight is 273 g/mol. The Morgan fingerprint density at radius 2 is 2.05 bits per heavy atom. The minimum absolute atomic E-state index is 0.0203. The fourth-order valence-electron chi connectivity index (χ4n) is 2.02. The number of benzene rings is 1. The van der Waals surface area contributed by atoms with E-state index in [2.05, 4.69) is 5.32 Å². The third kappa shape index (κ3) is 3.17. The standard InChI is InChI=1S/C15H19N3O2/c1-11(2)18-8-7-17(15(18)20)10-14(19)16-13-6-4-5-12(3)9-13/h4-9,11H,10H2,1-3H3,(H,16,19). The van der Waals surface area contributed by atoms with Gasteiger partial charge in [0.2, 0.25) is 5.91 Å². The molecule has 0 unspecified atom stereocenters. The first-order chi connectivity index (χ1) is 9.47. The smallest absolute Gasteiger partial charge is 0.325 e. The van der Waals surface area contributed by atoms with Crippen molar-refractivity contribution >= 4 is 11.6 Å². The van der Waals surface area contributed by atoms with Gasteiger partial charge in [0.05, 0.1) is 0 Å². The third-order valence-electron chi connectivity index (χ3n) is 3.05. The molecular weight excluding hydrogens is 254 g/mol. The molecule has 2 rings (SSSR count). The Labute approximate surface area is 117 Å². The molecule has 2 aromatic rings. The zero-order valence-electron chi connectivity index (χ0n) is 12.0. The molecule has 0 saturated heterocycles. The third-order valence-corrected chi connectivity index (χ3v) is 3.05. The van der Waals surface area contributed by atoms with Crippen LogP contribution in [0.25, 0.3) is 0 Å². The predicted octanol–water partition coefficient (Wildman–Crippen LogP) is 2.18. The second-order valence-corrected chi connectivity index (χ2v) is 5.13. The lowest BCUT2D eigenvalue weighted by molar-refractivity contribution is -0.116. The van der Waals surface area contributed by atoms with E-state index in [4.69, 9.17) is 0 Å². The highest BCUT2D eigenvalue weighted by atomic mass is 16.2. The summed E-state index contributed by atoms with van der Waals surface area (Å²) in [6, 6.07) is 7.64. The Hall–Kier alpha value is -2.30. The van der Waals surface area contributed by atoms with Crippen molar-refractivity contribution in [3.63, 3.8) is 0 Å². The van der Waals surface area contributed by atoms with Crippen LogP contribution in [-0.2, 0) is 11.3 Å². The summed E-state index contributed by atoms with van der Waals surface area (Å²) >= 11 is 0. The molecule has 1 N–H and O–H groups in total. The Balaban J connectivity index is 2.07. The van der Waals surface area contributed by atoms with Crippen LogP contribution in [0.15, 0.2) is 41.5 Å². The quantitative estimate of drug-likeness (QED) is 0.928. The number of carbonyl (C=O) groups excluding carboxylic acids is 1. The van der Waals surface area contributed by atoms with E-state index in [-0.39, 0.29) is 24.2 Å². The molecule has 5 heteroatoms. The summed E-state index contributed by atoms with van der Waals surface area (Å²) in [5.41, 5.74) is 1.65. The van der Waals surface area contributed by atoms with Crippen LogP contribution in [0, 0.1) is 6.92 Å². The highest BCUT2D eigenvalue weighted by Crippen LogP contribution is 2.09. The van der Waals surface area contributed by atoms with Crippen LogP contribution in [-0.4, -0.2) is 15.0 Å². The first-order valence-electron chi connectivity index (χ1n) is 6.61. The molecule has 0 atom stereocenters. The minimum Gasteiger partial charge on any atom is -0.325 e. The summed E-state index contributed by atoms with van der Waals surface area (Å²) in [6.45, 7) is 5.84. The van der Waals surface area contributed by atoms with E-state index in [0.29, 0.717) is 0 Å². The lowest BCUT2D eigenvalue weighted by atomic mass is 10.2. The minimum atomic E-state index is -0.209. The van der Waals surface area contributed by atoms with Gasteiger partial charge < -0.3 is 5.32 Å². The number of carbonyl (C=O) groups is 1. The molecule has 20 heavy (non-hydrogen) atoms. The lowest BCUT2D eigenvalue weighted by Gasteiger charge is -2.07. The first-order valence-corrected chi connectivity index (χ1v) is 6.61. The van der Waals surface area contributed by atoms with Crippen molar-refractivity contribution < 1.29 is 4.79 Å². The number of aryl methyl sites for hydroxylation is 1. The van der Waals surface area contributed by atoms with Crippen molar-refractivity contribution in [2.45, 2.75) is 33.4 Å². The van der Waals surface area contributed by atoms with Gasteiger partial charge in [-0.25, -0.2) is 4.79 Å². The van der Waals surface area contributed by atoms with Gasteiger partial charge in [-0.2, -0.15) is 0 Å². The molecule has 0 aliphatic heterocycles. The van der Waals surface area contributed by atoms with Crippen LogP contribution in [0.2, 0.25) is 0 Å². The van der Waals surface area contributed by atoms with E-state index in [9.17, 15) is 9.59 Å². The maximum absolute atomic E-state index is 12.0. The Bertz CT molecular complexity index is 668. The molecule has 0 bridgehead atoms. The Kier molecular flexibility index (Phi) is 4.08. The van der Waals surface area contributed by atoms with Gasteiger partial charge in [-0.1, -0.05) is 12.1 Å². The van der Waals surface area contributed by atoms with Crippen LogP contribution >= 0.6 is 0 Å². The van der Waals surface area contributed by atoms with Crippen LogP contribution in [0.3, 0.4) is 0 Å². The van der Waals surface area contributed by atoms with Crippen molar-refractivity contribution in [1.29, 1.82) is 0 Å². The van der Waals surface area contributed by atoms with Crippen molar-refractivity contribution in [3.05, 3.63) is 52.7 Å². The molecule has 1 heterocycles. The topological polar surface area (TPSA) is 56.0 Å². The normalized spacial score (nSPS) is 10.8. The van der Waals surface area contributed by atoms with Gasteiger partial charge in [0.1, 0.15) is 6.54 Å². The van der Waals surface area contributed by atoms with Gasteiger partial charge in [-0.15, -0.1) is 0 Å². The van der Waals surface area contributed by atoms with Crippen molar-refractivity contribution in [3.8, 4) is 0 Å². The Morgan fingerprint density at radius 1 is 1.30 bits per heavy atom. The maximum Gasteiger partial charge on any atom is 0.328 e. The number of imidazole rings is 1. The summed E-state index contributed by atoms with van der Waals surface area (Å²) in [7, 11) is 0. The van der Waals surface area contributed by atoms with Gasteiger partial charge in [0.15, 0.2) is 0 Å². The van der Waals surface area contributed by atoms with E-state index < -0.39 is 0 Å². The van der Waals surface area contributed by atoms with E-state index in [1.807, 2.05) is 45.0 Å². The highest BCUT2D eigenvalue weighted by Gasteiger charge is 2.09. The van der Waals surface area contributed by atoms with E-state index in [0.717, 1.165) is 11.3 Å². The second-order valence-electron chi connectivity index (χ2n) is 5.13. The zero-order chi connectivity index (χ0) is 14.7. The van der Waals surface area contributed by atoms with Gasteiger partial charge in [-0.05, 0) is 38.5 Å².